The van der Waals surface area contributed by atoms with Gasteiger partial charge in [-0.25, -0.2) is 0 Å². The molecule has 124 valence electrons. The standard InChI is InChI=1S/C21H24N2O/c1-5-21(4)10-9-15-18(19(21)23-12-24)13-11-22-16-8-6-7-14(17(13)16)20(15,2)3/h5-8,11-12,19,22H,1,9-10H2,2-4H3,(H,23,24)/t19-,21+/m1/s1. The van der Waals surface area contributed by atoms with Crippen LogP contribution in [0, 0.1) is 5.41 Å². The molecule has 2 aliphatic carbocycles. The fourth-order valence-electron chi connectivity index (χ4n) is 4.79. The molecular weight excluding hydrogens is 296 g/mol. The predicted octanol–water partition coefficient (Wildman–Crippen LogP) is 4.31. The summed E-state index contributed by atoms with van der Waals surface area (Å²) in [4.78, 5) is 14.8. The number of hydrogen-bond donors (Lipinski definition) is 2. The molecule has 0 unspecified atom stereocenters. The molecule has 0 saturated carbocycles. The smallest absolute Gasteiger partial charge is 0.207 e. The molecule has 2 aromatic rings. The number of allylic oxidation sites excluding steroid dienone is 1. The third kappa shape index (κ3) is 1.75. The van der Waals surface area contributed by atoms with Gasteiger partial charge in [0.05, 0.1) is 6.04 Å². The van der Waals surface area contributed by atoms with Crippen molar-refractivity contribution >= 4 is 22.9 Å². The highest BCUT2D eigenvalue weighted by atomic mass is 16.1. The molecule has 1 aromatic heterocycles. The zero-order valence-corrected chi connectivity index (χ0v) is 14.6. The number of amides is 1. The molecule has 0 saturated heterocycles. The minimum absolute atomic E-state index is 0.0324. The quantitative estimate of drug-likeness (QED) is 0.642. The number of aromatic amines is 1. The molecular formula is C21H24N2O. The number of H-pyrrole nitrogens is 1. The van der Waals surface area contributed by atoms with Gasteiger partial charge in [0, 0.05) is 33.5 Å². The van der Waals surface area contributed by atoms with Crippen LogP contribution < -0.4 is 5.32 Å². The van der Waals surface area contributed by atoms with Gasteiger partial charge in [-0.2, -0.15) is 0 Å². The van der Waals surface area contributed by atoms with Crippen LogP contribution in [0.1, 0.15) is 44.7 Å². The number of rotatable bonds is 3. The monoisotopic (exact) mass is 320 g/mol. The van der Waals surface area contributed by atoms with Gasteiger partial charge in [-0.15, -0.1) is 6.58 Å². The second-order valence-corrected chi connectivity index (χ2v) is 7.88. The minimum Gasteiger partial charge on any atom is -0.361 e. The first kappa shape index (κ1) is 15.3. The summed E-state index contributed by atoms with van der Waals surface area (Å²) in [6.07, 6.45) is 6.98. The predicted molar refractivity (Wildman–Crippen MR) is 98.8 cm³/mol. The van der Waals surface area contributed by atoms with Crippen molar-refractivity contribution in [3.63, 3.8) is 0 Å². The fraction of sp³-hybridized carbons (Fsp3) is 0.381. The van der Waals surface area contributed by atoms with Crippen LogP contribution in [0.25, 0.3) is 16.5 Å². The summed E-state index contributed by atoms with van der Waals surface area (Å²) in [5.41, 5.74) is 6.34. The second-order valence-electron chi connectivity index (χ2n) is 7.88. The summed E-state index contributed by atoms with van der Waals surface area (Å²) >= 11 is 0. The molecule has 0 bridgehead atoms. The highest BCUT2D eigenvalue weighted by molar-refractivity contribution is 6.01. The zero-order chi connectivity index (χ0) is 17.1. The summed E-state index contributed by atoms with van der Waals surface area (Å²) in [5.74, 6) is 0. The Hall–Kier alpha value is -2.29. The van der Waals surface area contributed by atoms with E-state index < -0.39 is 0 Å². The Bertz CT molecular complexity index is 886. The van der Waals surface area contributed by atoms with Gasteiger partial charge in [-0.05, 0) is 30.0 Å². The Morgan fingerprint density at radius 2 is 2.12 bits per heavy atom. The van der Waals surface area contributed by atoms with Crippen molar-refractivity contribution < 1.29 is 4.79 Å². The SMILES string of the molecule is C=C[C@@]1(C)CCC2=C(c3c[nH]c4cccc(c34)C2(C)C)[C@H]1NC=O. The van der Waals surface area contributed by atoms with E-state index in [1.54, 1.807) is 0 Å². The molecule has 4 rings (SSSR count). The van der Waals surface area contributed by atoms with Crippen molar-refractivity contribution in [3.8, 4) is 0 Å². The van der Waals surface area contributed by atoms with E-state index in [-0.39, 0.29) is 16.9 Å². The molecule has 2 N–H and O–H groups in total. The Kier molecular flexibility index (Phi) is 3.08. The van der Waals surface area contributed by atoms with E-state index in [2.05, 4.69) is 62.0 Å². The van der Waals surface area contributed by atoms with Crippen LogP contribution >= 0.6 is 0 Å². The van der Waals surface area contributed by atoms with Crippen molar-refractivity contribution in [3.05, 3.63) is 53.8 Å². The van der Waals surface area contributed by atoms with Gasteiger partial charge in [0.15, 0.2) is 0 Å². The van der Waals surface area contributed by atoms with Crippen LogP contribution in [-0.4, -0.2) is 17.4 Å². The van der Waals surface area contributed by atoms with E-state index in [4.69, 9.17) is 0 Å². The first-order chi connectivity index (χ1) is 11.4. The summed E-state index contributed by atoms with van der Waals surface area (Å²) in [6, 6.07) is 6.46. The average Bonchev–Trinajstić information content (AvgIpc) is 2.99. The maximum atomic E-state index is 11.4. The number of benzene rings is 1. The number of hydrogen-bond acceptors (Lipinski definition) is 1. The van der Waals surface area contributed by atoms with Crippen LogP contribution in [-0.2, 0) is 10.2 Å². The van der Waals surface area contributed by atoms with Crippen molar-refractivity contribution in [1.82, 2.24) is 10.3 Å². The normalized spacial score (nSPS) is 27.7. The third-order valence-corrected chi connectivity index (χ3v) is 6.31. The molecule has 0 fully saturated rings. The molecule has 24 heavy (non-hydrogen) atoms. The lowest BCUT2D eigenvalue weighted by atomic mass is 9.59. The molecule has 0 radical (unpaired) electrons. The first-order valence-corrected chi connectivity index (χ1v) is 8.62. The Labute approximate surface area is 142 Å². The van der Waals surface area contributed by atoms with Crippen LogP contribution in [0.5, 0.6) is 0 Å². The van der Waals surface area contributed by atoms with Crippen molar-refractivity contribution in [2.24, 2.45) is 5.41 Å². The van der Waals surface area contributed by atoms with Crippen molar-refractivity contribution in [1.29, 1.82) is 0 Å². The number of nitrogens with one attached hydrogen (secondary N) is 2. The lowest BCUT2D eigenvalue weighted by molar-refractivity contribution is -0.110. The van der Waals surface area contributed by atoms with E-state index in [1.165, 1.54) is 27.7 Å². The number of carbonyl (C=O) groups is 1. The summed E-state index contributed by atoms with van der Waals surface area (Å²) in [5, 5.41) is 4.40. The zero-order valence-electron chi connectivity index (χ0n) is 14.6. The van der Waals surface area contributed by atoms with Gasteiger partial charge < -0.3 is 10.3 Å². The summed E-state index contributed by atoms with van der Waals surface area (Å²) in [6.45, 7) is 10.9. The van der Waals surface area contributed by atoms with Crippen LogP contribution in [0.15, 0.2) is 42.6 Å². The minimum atomic E-state index is -0.133. The lowest BCUT2D eigenvalue weighted by Gasteiger charge is -2.47. The van der Waals surface area contributed by atoms with Gasteiger partial charge in [0.25, 0.3) is 0 Å². The first-order valence-electron chi connectivity index (χ1n) is 8.62. The van der Waals surface area contributed by atoms with Crippen LogP contribution in [0.4, 0.5) is 0 Å². The highest BCUT2D eigenvalue weighted by Gasteiger charge is 2.46. The van der Waals surface area contributed by atoms with Crippen LogP contribution in [0.3, 0.4) is 0 Å². The Morgan fingerprint density at radius 1 is 1.33 bits per heavy atom. The fourth-order valence-corrected chi connectivity index (χ4v) is 4.79. The number of carbonyl (C=O) groups excluding carboxylic acids is 1. The molecule has 3 nitrogen and oxygen atoms in total. The Morgan fingerprint density at radius 3 is 2.83 bits per heavy atom. The second kappa shape index (κ2) is 4.85. The lowest BCUT2D eigenvalue weighted by Crippen LogP contribution is -2.47. The van der Waals surface area contributed by atoms with E-state index >= 15 is 0 Å². The average molecular weight is 320 g/mol. The van der Waals surface area contributed by atoms with E-state index in [0.717, 1.165) is 24.8 Å². The maximum absolute atomic E-state index is 11.4. The van der Waals surface area contributed by atoms with Crippen molar-refractivity contribution in [2.45, 2.75) is 45.1 Å². The molecule has 1 heterocycles. The van der Waals surface area contributed by atoms with Gasteiger partial charge >= 0.3 is 0 Å². The van der Waals surface area contributed by atoms with Gasteiger partial charge in [-0.1, -0.05) is 44.6 Å². The maximum Gasteiger partial charge on any atom is 0.207 e. The third-order valence-electron chi connectivity index (χ3n) is 6.31. The summed E-state index contributed by atoms with van der Waals surface area (Å²) in [7, 11) is 0. The summed E-state index contributed by atoms with van der Waals surface area (Å²) < 4.78 is 0. The molecule has 1 aromatic carbocycles. The van der Waals surface area contributed by atoms with Gasteiger partial charge in [-0.3, -0.25) is 4.79 Å². The number of aromatic nitrogens is 1. The molecule has 2 aliphatic rings. The Balaban J connectivity index is 2.06. The van der Waals surface area contributed by atoms with Crippen LogP contribution in [0.2, 0.25) is 0 Å². The topological polar surface area (TPSA) is 44.9 Å². The molecule has 3 heteroatoms. The van der Waals surface area contributed by atoms with Gasteiger partial charge in [0.1, 0.15) is 0 Å². The van der Waals surface area contributed by atoms with E-state index in [0.29, 0.717) is 0 Å². The molecule has 1 amide bonds. The largest absolute Gasteiger partial charge is 0.361 e. The molecule has 2 atom stereocenters. The highest BCUT2D eigenvalue weighted by Crippen LogP contribution is 2.55. The van der Waals surface area contributed by atoms with E-state index in [1.807, 2.05) is 6.08 Å². The van der Waals surface area contributed by atoms with Crippen molar-refractivity contribution in [2.75, 3.05) is 0 Å². The molecule has 0 aliphatic heterocycles. The van der Waals surface area contributed by atoms with E-state index in [9.17, 15) is 4.79 Å². The number of fused-ring (bicyclic) bond motifs is 1. The molecule has 0 spiro atoms. The van der Waals surface area contributed by atoms with Gasteiger partial charge in [0.2, 0.25) is 6.41 Å².